The summed E-state index contributed by atoms with van der Waals surface area (Å²) in [5, 5.41) is 9.81. The van der Waals surface area contributed by atoms with Gasteiger partial charge in [-0.05, 0) is 75.2 Å². The van der Waals surface area contributed by atoms with Crippen LogP contribution in [0.2, 0.25) is 0 Å². The van der Waals surface area contributed by atoms with Crippen molar-refractivity contribution in [2.24, 2.45) is 5.92 Å². The molecule has 0 radical (unpaired) electrons. The van der Waals surface area contributed by atoms with E-state index in [-0.39, 0.29) is 6.42 Å². The molecule has 2 heterocycles. The third-order valence-corrected chi connectivity index (χ3v) is 8.32. The lowest BCUT2D eigenvalue weighted by atomic mass is 9.82. The van der Waals surface area contributed by atoms with Gasteiger partial charge in [0.2, 0.25) is 5.67 Å². The van der Waals surface area contributed by atoms with Crippen molar-refractivity contribution in [2.75, 3.05) is 39.3 Å². The molecule has 0 saturated carbocycles. The Morgan fingerprint density at radius 2 is 1.89 bits per heavy atom. The average Bonchev–Trinajstić information content (AvgIpc) is 3.47. The zero-order chi connectivity index (χ0) is 26.5. The summed E-state index contributed by atoms with van der Waals surface area (Å²) >= 11 is 0. The van der Waals surface area contributed by atoms with Crippen molar-refractivity contribution in [1.82, 2.24) is 9.80 Å². The van der Waals surface area contributed by atoms with Crippen LogP contribution in [0.15, 0.2) is 36.4 Å². The predicted molar refractivity (Wildman–Crippen MR) is 142 cm³/mol. The van der Waals surface area contributed by atoms with Crippen molar-refractivity contribution < 1.29 is 18.3 Å². The third kappa shape index (κ3) is 6.06. The number of benzene rings is 1. The molecule has 4 rings (SSSR count). The topological polar surface area (TPSA) is 56.6 Å². The number of piperidine rings is 1. The van der Waals surface area contributed by atoms with Gasteiger partial charge in [-0.2, -0.15) is 5.26 Å². The number of hydrogen-bond acceptors (Lipinski definition) is 4. The molecule has 0 unspecified atom stereocenters. The van der Waals surface area contributed by atoms with E-state index in [1.807, 2.05) is 13.8 Å². The molecule has 0 bridgehead atoms. The first-order valence-corrected chi connectivity index (χ1v) is 13.8. The summed E-state index contributed by atoms with van der Waals surface area (Å²) in [6.07, 6.45) is 9.79. The fraction of sp³-hybridized carbons (Fsp3) is 0.600. The van der Waals surface area contributed by atoms with E-state index >= 15 is 4.39 Å². The molecule has 2 aliphatic heterocycles. The minimum absolute atomic E-state index is 0.00690. The number of rotatable bonds is 9. The Labute approximate surface area is 219 Å². The van der Waals surface area contributed by atoms with Gasteiger partial charge in [-0.25, -0.2) is 8.78 Å². The number of likely N-dealkylation sites (tertiary alicyclic amines) is 2. The summed E-state index contributed by atoms with van der Waals surface area (Å²) in [5.41, 5.74) is -2.10. The first-order chi connectivity index (χ1) is 17.8. The van der Waals surface area contributed by atoms with E-state index < -0.39 is 17.2 Å². The van der Waals surface area contributed by atoms with E-state index in [0.717, 1.165) is 38.8 Å². The van der Waals surface area contributed by atoms with E-state index in [4.69, 9.17) is 4.74 Å². The quantitative estimate of drug-likeness (QED) is 0.417. The molecule has 1 amide bonds. The smallest absolute Gasteiger partial charge is 0.265 e. The third-order valence-electron chi connectivity index (χ3n) is 8.32. The number of alkyl halides is 2. The number of allylic oxidation sites excluding steroid dienone is 3. The van der Waals surface area contributed by atoms with Crippen LogP contribution in [0.5, 0.6) is 5.75 Å². The fourth-order valence-corrected chi connectivity index (χ4v) is 5.64. The van der Waals surface area contributed by atoms with Crippen LogP contribution < -0.4 is 4.74 Å². The van der Waals surface area contributed by atoms with Gasteiger partial charge in [0, 0.05) is 31.6 Å². The highest BCUT2D eigenvalue weighted by Gasteiger charge is 2.46. The summed E-state index contributed by atoms with van der Waals surface area (Å²) in [7, 11) is 0. The maximum atomic E-state index is 16.2. The van der Waals surface area contributed by atoms with E-state index in [1.54, 1.807) is 41.3 Å². The highest BCUT2D eigenvalue weighted by molar-refractivity contribution is 6.01. The average molecular weight is 512 g/mol. The number of nitrogens with zero attached hydrogens (tertiary/aromatic N) is 3. The number of halogens is 2. The molecule has 0 N–H and O–H groups in total. The molecule has 0 aromatic heterocycles. The van der Waals surface area contributed by atoms with E-state index in [2.05, 4.69) is 11.0 Å². The zero-order valence-electron chi connectivity index (χ0n) is 22.1. The van der Waals surface area contributed by atoms with Crippen molar-refractivity contribution in [3.8, 4) is 11.8 Å². The van der Waals surface area contributed by atoms with Crippen molar-refractivity contribution in [2.45, 2.75) is 70.1 Å². The Morgan fingerprint density at radius 3 is 2.54 bits per heavy atom. The lowest BCUT2D eigenvalue weighted by Gasteiger charge is -2.36. The molecule has 1 aromatic carbocycles. The van der Waals surface area contributed by atoms with Gasteiger partial charge >= 0.3 is 0 Å². The van der Waals surface area contributed by atoms with Crippen LogP contribution in [-0.4, -0.2) is 66.4 Å². The van der Waals surface area contributed by atoms with Gasteiger partial charge in [-0.3, -0.25) is 4.79 Å². The Bertz CT molecular complexity index is 1060. The number of hydrogen-bond donors (Lipinski definition) is 0. The lowest BCUT2D eigenvalue weighted by Crippen LogP contribution is -2.46. The summed E-state index contributed by atoms with van der Waals surface area (Å²) in [6, 6.07) is 7.26. The molecule has 5 nitrogen and oxygen atoms in total. The zero-order valence-corrected chi connectivity index (χ0v) is 22.1. The van der Waals surface area contributed by atoms with Gasteiger partial charge in [0.25, 0.3) is 5.91 Å². The molecule has 37 heavy (non-hydrogen) atoms. The second kappa shape index (κ2) is 11.8. The van der Waals surface area contributed by atoms with Crippen LogP contribution in [0.4, 0.5) is 8.78 Å². The maximum absolute atomic E-state index is 16.2. The maximum Gasteiger partial charge on any atom is 0.265 e. The Morgan fingerprint density at radius 1 is 1.19 bits per heavy atom. The van der Waals surface area contributed by atoms with Crippen molar-refractivity contribution in [3.05, 3.63) is 47.6 Å². The van der Waals surface area contributed by atoms with Crippen LogP contribution in [0.25, 0.3) is 5.57 Å². The molecule has 200 valence electrons. The van der Waals surface area contributed by atoms with Gasteiger partial charge in [-0.1, -0.05) is 38.1 Å². The number of nitriles is 1. The highest BCUT2D eigenvalue weighted by atomic mass is 19.1. The molecule has 0 spiro atoms. The number of carbonyl (C=O) groups is 1. The molecule has 2 saturated heterocycles. The van der Waals surface area contributed by atoms with Crippen LogP contribution >= 0.6 is 0 Å². The van der Waals surface area contributed by atoms with Crippen molar-refractivity contribution in [3.63, 3.8) is 0 Å². The van der Waals surface area contributed by atoms with Crippen LogP contribution in [-0.2, 0) is 4.79 Å². The summed E-state index contributed by atoms with van der Waals surface area (Å²) in [4.78, 5) is 16.9. The van der Waals surface area contributed by atoms with Crippen LogP contribution in [0.1, 0.15) is 69.9 Å². The van der Waals surface area contributed by atoms with E-state index in [9.17, 15) is 14.4 Å². The number of carbonyl (C=O) groups excluding carboxylic acids is 1. The summed E-state index contributed by atoms with van der Waals surface area (Å²) in [5.74, 6) is 0.312. The molecule has 1 aliphatic carbocycles. The second-order valence-corrected chi connectivity index (χ2v) is 10.7. The molecule has 1 atom stereocenters. The normalized spacial score (nSPS) is 23.1. The molecular weight excluding hydrogens is 472 g/mol. The standard InChI is InChI=1S/C30H39F2N3O2/c1-3-29(31,4-2)22-34-17-12-23(13-18-34)21-37-27-11-10-24(19-25(27)20-33)26-9-5-6-14-30(26,32)28(36)35-15-7-8-16-35/h5-6,9-11,19,23H,3-4,7-8,12-18,21-22H2,1-2H3/t30-/m0/s1. The molecule has 3 aliphatic rings. The second-order valence-electron chi connectivity index (χ2n) is 10.7. The molecule has 2 fully saturated rings. The Kier molecular flexibility index (Phi) is 8.69. The Balaban J connectivity index is 1.40. The van der Waals surface area contributed by atoms with E-state index in [1.165, 1.54) is 0 Å². The van der Waals surface area contributed by atoms with Crippen LogP contribution in [0.3, 0.4) is 0 Å². The monoisotopic (exact) mass is 511 g/mol. The van der Waals surface area contributed by atoms with Gasteiger partial charge in [0.15, 0.2) is 0 Å². The van der Waals surface area contributed by atoms with Gasteiger partial charge in [0.1, 0.15) is 17.5 Å². The summed E-state index contributed by atoms with van der Waals surface area (Å²) in [6.45, 7) is 7.63. The van der Waals surface area contributed by atoms with Gasteiger partial charge < -0.3 is 14.5 Å². The molecule has 7 heteroatoms. The molecule has 1 aromatic rings. The van der Waals surface area contributed by atoms with Crippen molar-refractivity contribution in [1.29, 1.82) is 5.26 Å². The minimum Gasteiger partial charge on any atom is -0.492 e. The first-order valence-electron chi connectivity index (χ1n) is 13.8. The minimum atomic E-state index is -2.13. The lowest BCUT2D eigenvalue weighted by molar-refractivity contribution is -0.139. The largest absolute Gasteiger partial charge is 0.492 e. The number of amides is 1. The SMILES string of the molecule is CCC(F)(CC)CN1CCC(COc2ccc(C3=CC=CC[C@@]3(F)C(=O)N3CCCC3)cc2C#N)CC1. The van der Waals surface area contributed by atoms with Gasteiger partial charge in [0.05, 0.1) is 12.2 Å². The predicted octanol–water partition coefficient (Wildman–Crippen LogP) is 5.85. The molecular formula is C30H39F2N3O2. The first kappa shape index (κ1) is 27.3. The Hall–Kier alpha value is -2.72. The fourth-order valence-electron chi connectivity index (χ4n) is 5.64. The van der Waals surface area contributed by atoms with E-state index in [0.29, 0.717) is 67.5 Å². The van der Waals surface area contributed by atoms with Crippen LogP contribution in [0, 0.1) is 17.2 Å². The highest BCUT2D eigenvalue weighted by Crippen LogP contribution is 2.40. The number of ether oxygens (including phenoxy) is 1. The summed E-state index contributed by atoms with van der Waals surface area (Å²) < 4.78 is 37.0. The van der Waals surface area contributed by atoms with Gasteiger partial charge in [-0.15, -0.1) is 0 Å². The van der Waals surface area contributed by atoms with Crippen molar-refractivity contribution >= 4 is 11.5 Å².